The van der Waals surface area contributed by atoms with Crippen molar-refractivity contribution in [2.24, 2.45) is 0 Å². The molecule has 2 aliphatic heterocycles. The van der Waals surface area contributed by atoms with Gasteiger partial charge in [0.2, 0.25) is 0 Å². The summed E-state index contributed by atoms with van der Waals surface area (Å²) in [7, 11) is 0. The highest BCUT2D eigenvalue weighted by atomic mass is 16.5. The van der Waals surface area contributed by atoms with Gasteiger partial charge in [0, 0.05) is 6.42 Å². The minimum Gasteiger partial charge on any atom is -0.350 e. The first-order chi connectivity index (χ1) is 9.22. The van der Waals surface area contributed by atoms with Crippen LogP contribution in [0, 0.1) is 0 Å². The van der Waals surface area contributed by atoms with Gasteiger partial charge in [0.25, 0.3) is 11.8 Å². The summed E-state index contributed by atoms with van der Waals surface area (Å²) in [6.07, 6.45) is 3.41. The van der Waals surface area contributed by atoms with E-state index in [2.05, 4.69) is 0 Å². The van der Waals surface area contributed by atoms with E-state index in [1.54, 1.807) is 30.3 Å². The maximum absolute atomic E-state index is 12.1. The van der Waals surface area contributed by atoms with Crippen molar-refractivity contribution in [2.75, 3.05) is 0 Å². The average molecular weight is 257 g/mol. The van der Waals surface area contributed by atoms with Gasteiger partial charge in [0.05, 0.1) is 17.2 Å². The molecule has 0 aromatic heterocycles. The van der Waals surface area contributed by atoms with Crippen LogP contribution in [0.3, 0.4) is 0 Å². The van der Waals surface area contributed by atoms with Crippen LogP contribution in [0.15, 0.2) is 36.4 Å². The fraction of sp³-hybridized carbons (Fsp3) is 0.214. The molecule has 2 heterocycles. The van der Waals surface area contributed by atoms with Crippen LogP contribution in [0.1, 0.15) is 27.1 Å². The Balaban J connectivity index is 1.76. The lowest BCUT2D eigenvalue weighted by Crippen LogP contribution is -2.51. The first kappa shape index (κ1) is 11.8. The standard InChI is InChI=1S/C14H11NO4/c16-7-3-4-9-8-12(19-9)15-13(17)10-5-1-2-6-11(10)14(15)18/h1-7,9,12H,8H2/b4-3-/t9-,12+/m0/s1. The molecule has 1 saturated heterocycles. The number of rotatable bonds is 3. The Morgan fingerprint density at radius 2 is 1.74 bits per heavy atom. The monoisotopic (exact) mass is 257 g/mol. The SMILES string of the molecule is O=C/C=C\[C@H]1C[C@H](N2C(=O)c3ccccc3C2=O)O1. The summed E-state index contributed by atoms with van der Waals surface area (Å²) in [5.41, 5.74) is 0.839. The zero-order chi connectivity index (χ0) is 13.4. The fourth-order valence-electron chi connectivity index (χ4n) is 2.32. The first-order valence-electron chi connectivity index (χ1n) is 5.96. The van der Waals surface area contributed by atoms with E-state index >= 15 is 0 Å². The van der Waals surface area contributed by atoms with Gasteiger partial charge in [-0.05, 0) is 18.2 Å². The van der Waals surface area contributed by atoms with E-state index in [4.69, 9.17) is 4.74 Å². The molecular formula is C14H11NO4. The van der Waals surface area contributed by atoms with Crippen LogP contribution < -0.4 is 0 Å². The summed E-state index contributed by atoms with van der Waals surface area (Å²) in [5.74, 6) is -0.633. The second kappa shape index (κ2) is 4.44. The van der Waals surface area contributed by atoms with Crippen molar-refractivity contribution in [3.8, 4) is 0 Å². The van der Waals surface area contributed by atoms with Crippen molar-refractivity contribution in [3.05, 3.63) is 47.5 Å². The quantitative estimate of drug-likeness (QED) is 0.463. The molecule has 1 fully saturated rings. The summed E-state index contributed by atoms with van der Waals surface area (Å²) < 4.78 is 5.44. The van der Waals surface area contributed by atoms with Crippen LogP contribution >= 0.6 is 0 Å². The number of aldehydes is 1. The third-order valence-electron chi connectivity index (χ3n) is 3.28. The van der Waals surface area contributed by atoms with Gasteiger partial charge in [-0.25, -0.2) is 4.90 Å². The number of hydrogen-bond acceptors (Lipinski definition) is 4. The van der Waals surface area contributed by atoms with E-state index in [0.29, 0.717) is 23.8 Å². The molecule has 0 radical (unpaired) electrons. The zero-order valence-electron chi connectivity index (χ0n) is 9.98. The molecule has 0 bridgehead atoms. The molecule has 19 heavy (non-hydrogen) atoms. The Bertz CT molecular complexity index is 552. The van der Waals surface area contributed by atoms with E-state index in [-0.39, 0.29) is 17.9 Å². The molecule has 0 spiro atoms. The molecule has 0 N–H and O–H groups in total. The fourth-order valence-corrected chi connectivity index (χ4v) is 2.32. The lowest BCUT2D eigenvalue weighted by Gasteiger charge is -2.38. The lowest BCUT2D eigenvalue weighted by atomic mass is 10.1. The predicted octanol–water partition coefficient (Wildman–Crippen LogP) is 1.15. The van der Waals surface area contributed by atoms with Gasteiger partial charge < -0.3 is 4.74 Å². The molecule has 5 nitrogen and oxygen atoms in total. The summed E-state index contributed by atoms with van der Waals surface area (Å²) in [4.78, 5) is 35.6. The van der Waals surface area contributed by atoms with Crippen molar-refractivity contribution in [1.29, 1.82) is 0 Å². The summed E-state index contributed by atoms with van der Waals surface area (Å²) in [6.45, 7) is 0. The summed E-state index contributed by atoms with van der Waals surface area (Å²) >= 11 is 0. The number of allylic oxidation sites excluding steroid dienone is 1. The number of amides is 2. The van der Waals surface area contributed by atoms with Crippen LogP contribution in [0.4, 0.5) is 0 Å². The van der Waals surface area contributed by atoms with E-state index in [9.17, 15) is 14.4 Å². The second-order valence-electron chi connectivity index (χ2n) is 4.41. The predicted molar refractivity (Wildman–Crippen MR) is 65.4 cm³/mol. The van der Waals surface area contributed by atoms with Gasteiger partial charge in [-0.15, -0.1) is 0 Å². The highest BCUT2D eigenvalue weighted by Crippen LogP contribution is 2.32. The van der Waals surface area contributed by atoms with Gasteiger partial charge in [-0.1, -0.05) is 18.2 Å². The Hall–Kier alpha value is -2.27. The first-order valence-corrected chi connectivity index (χ1v) is 5.96. The third-order valence-corrected chi connectivity index (χ3v) is 3.28. The number of carbonyl (C=O) groups excluding carboxylic acids is 3. The normalized spacial score (nSPS) is 25.6. The molecule has 1 aromatic rings. The summed E-state index contributed by atoms with van der Waals surface area (Å²) in [5, 5.41) is 0. The Labute approximate surface area is 109 Å². The second-order valence-corrected chi connectivity index (χ2v) is 4.41. The van der Waals surface area contributed by atoms with Crippen molar-refractivity contribution in [3.63, 3.8) is 0 Å². The molecule has 0 aliphatic carbocycles. The molecule has 96 valence electrons. The zero-order valence-corrected chi connectivity index (χ0v) is 9.98. The van der Waals surface area contributed by atoms with E-state index in [0.717, 1.165) is 4.90 Å². The minimum atomic E-state index is -0.534. The van der Waals surface area contributed by atoms with Gasteiger partial charge in [-0.2, -0.15) is 0 Å². The van der Waals surface area contributed by atoms with E-state index < -0.39 is 6.23 Å². The van der Waals surface area contributed by atoms with Crippen LogP contribution in [0.5, 0.6) is 0 Å². The molecule has 0 unspecified atom stereocenters. The number of fused-ring (bicyclic) bond motifs is 1. The maximum atomic E-state index is 12.1. The van der Waals surface area contributed by atoms with Gasteiger partial charge in [0.15, 0.2) is 0 Å². The van der Waals surface area contributed by atoms with Crippen molar-refractivity contribution in [2.45, 2.75) is 18.8 Å². The molecule has 3 rings (SSSR count). The Kier molecular flexibility index (Phi) is 2.76. The van der Waals surface area contributed by atoms with Crippen LogP contribution in [-0.2, 0) is 9.53 Å². The number of carbonyl (C=O) groups is 3. The maximum Gasteiger partial charge on any atom is 0.263 e. The highest BCUT2D eigenvalue weighted by Gasteiger charge is 2.45. The number of imide groups is 1. The third kappa shape index (κ3) is 1.79. The van der Waals surface area contributed by atoms with Crippen molar-refractivity contribution in [1.82, 2.24) is 4.90 Å². The average Bonchev–Trinajstić information content (AvgIpc) is 2.63. The topological polar surface area (TPSA) is 63.7 Å². The van der Waals surface area contributed by atoms with Crippen LogP contribution in [-0.4, -0.2) is 35.3 Å². The van der Waals surface area contributed by atoms with Crippen LogP contribution in [0.25, 0.3) is 0 Å². The Morgan fingerprint density at radius 1 is 1.16 bits per heavy atom. The highest BCUT2D eigenvalue weighted by molar-refractivity contribution is 6.21. The largest absolute Gasteiger partial charge is 0.350 e. The van der Waals surface area contributed by atoms with Gasteiger partial charge >= 0.3 is 0 Å². The smallest absolute Gasteiger partial charge is 0.263 e. The van der Waals surface area contributed by atoms with E-state index in [1.807, 2.05) is 0 Å². The number of benzene rings is 1. The van der Waals surface area contributed by atoms with Crippen LogP contribution in [0.2, 0.25) is 0 Å². The number of ether oxygens (including phenoxy) is 1. The number of hydrogen-bond donors (Lipinski definition) is 0. The minimum absolute atomic E-state index is 0.209. The Morgan fingerprint density at radius 3 is 2.26 bits per heavy atom. The van der Waals surface area contributed by atoms with E-state index in [1.165, 1.54) is 6.08 Å². The lowest BCUT2D eigenvalue weighted by molar-refractivity contribution is -0.149. The molecular weight excluding hydrogens is 246 g/mol. The van der Waals surface area contributed by atoms with Gasteiger partial charge in [-0.3, -0.25) is 14.4 Å². The molecule has 2 atom stereocenters. The van der Waals surface area contributed by atoms with Gasteiger partial charge in [0.1, 0.15) is 12.5 Å². The number of nitrogens with zero attached hydrogens (tertiary/aromatic N) is 1. The molecule has 2 aliphatic rings. The van der Waals surface area contributed by atoms with Crippen molar-refractivity contribution >= 4 is 18.1 Å². The molecule has 5 heteroatoms. The molecule has 0 saturated carbocycles. The summed E-state index contributed by atoms with van der Waals surface area (Å²) in [6, 6.07) is 6.73. The van der Waals surface area contributed by atoms with Crippen molar-refractivity contribution < 1.29 is 19.1 Å². The molecule has 1 aromatic carbocycles. The molecule has 2 amide bonds.